The molecule has 1 aromatic carbocycles. The summed E-state index contributed by atoms with van der Waals surface area (Å²) in [6.07, 6.45) is 0.908. The number of anilines is 1. The summed E-state index contributed by atoms with van der Waals surface area (Å²) in [5, 5.41) is 0. The smallest absolute Gasteiger partial charge is 0.375 e. The van der Waals surface area contributed by atoms with E-state index in [4.69, 9.17) is 4.74 Å². The molecule has 3 heterocycles. The van der Waals surface area contributed by atoms with Crippen LogP contribution in [-0.4, -0.2) is 40.2 Å². The molecule has 0 spiro atoms. The predicted molar refractivity (Wildman–Crippen MR) is 120 cm³/mol. The van der Waals surface area contributed by atoms with Crippen LogP contribution in [0.25, 0.3) is 22.4 Å². The van der Waals surface area contributed by atoms with Crippen molar-refractivity contribution in [2.45, 2.75) is 58.4 Å². The summed E-state index contributed by atoms with van der Waals surface area (Å²) < 4.78 is 45.0. The van der Waals surface area contributed by atoms with Crippen LogP contribution in [0.15, 0.2) is 36.5 Å². The van der Waals surface area contributed by atoms with Crippen molar-refractivity contribution in [1.29, 1.82) is 0 Å². The standard InChI is InChI=1S/C24H29F3N4O/c1-15(2)12-16(3)32-19-8-10-31(11-9-19)22-7-4-17(14-28-22)23-29-20-6-5-18(24(25,26)27)13-21(20)30-23/h4-7,13-16,19H,8-12H2,1-3H3,(H,29,30). The second-order valence-corrected chi connectivity index (χ2v) is 8.98. The fourth-order valence-corrected chi connectivity index (χ4v) is 4.30. The van der Waals surface area contributed by atoms with E-state index in [0.29, 0.717) is 22.8 Å². The molecule has 1 aliphatic heterocycles. The fraction of sp³-hybridized carbons (Fsp3) is 0.500. The summed E-state index contributed by atoms with van der Waals surface area (Å²) in [6.45, 7) is 8.34. The maximum atomic E-state index is 12.9. The lowest BCUT2D eigenvalue weighted by Gasteiger charge is -2.34. The van der Waals surface area contributed by atoms with Gasteiger partial charge in [0.2, 0.25) is 0 Å². The maximum absolute atomic E-state index is 12.9. The van der Waals surface area contributed by atoms with E-state index in [1.807, 2.05) is 12.1 Å². The number of benzene rings is 1. The van der Waals surface area contributed by atoms with Gasteiger partial charge < -0.3 is 14.6 Å². The van der Waals surface area contributed by atoms with Crippen molar-refractivity contribution in [2.75, 3.05) is 18.0 Å². The first kappa shape index (κ1) is 22.6. The summed E-state index contributed by atoms with van der Waals surface area (Å²) in [6, 6.07) is 7.35. The Balaban J connectivity index is 1.39. The number of halogens is 3. The van der Waals surface area contributed by atoms with Crippen LogP contribution in [0, 0.1) is 5.92 Å². The molecule has 1 N–H and O–H groups in total. The van der Waals surface area contributed by atoms with Crippen LogP contribution in [0.4, 0.5) is 19.0 Å². The Kier molecular flexibility index (Phi) is 6.42. The van der Waals surface area contributed by atoms with Crippen molar-refractivity contribution in [3.8, 4) is 11.4 Å². The van der Waals surface area contributed by atoms with Gasteiger partial charge in [0, 0.05) is 24.8 Å². The van der Waals surface area contributed by atoms with Gasteiger partial charge in [0.25, 0.3) is 0 Å². The lowest BCUT2D eigenvalue weighted by atomic mass is 10.0. The summed E-state index contributed by atoms with van der Waals surface area (Å²) in [7, 11) is 0. The average Bonchev–Trinajstić information content (AvgIpc) is 3.17. The number of nitrogens with zero attached hydrogens (tertiary/aromatic N) is 3. The largest absolute Gasteiger partial charge is 0.416 e. The van der Waals surface area contributed by atoms with Crippen LogP contribution in [-0.2, 0) is 10.9 Å². The minimum atomic E-state index is -4.38. The van der Waals surface area contributed by atoms with Gasteiger partial charge in [0.1, 0.15) is 11.6 Å². The first-order valence-corrected chi connectivity index (χ1v) is 11.1. The number of hydrogen-bond acceptors (Lipinski definition) is 4. The second kappa shape index (κ2) is 9.10. The zero-order valence-electron chi connectivity index (χ0n) is 18.6. The number of imidazole rings is 1. The molecule has 172 valence electrons. The van der Waals surface area contributed by atoms with Crippen LogP contribution in [0.3, 0.4) is 0 Å². The first-order chi connectivity index (χ1) is 15.2. The van der Waals surface area contributed by atoms with Crippen molar-refractivity contribution in [3.63, 3.8) is 0 Å². The molecule has 4 rings (SSSR count). The number of pyridine rings is 1. The van der Waals surface area contributed by atoms with Gasteiger partial charge in [0.15, 0.2) is 0 Å². The van der Waals surface area contributed by atoms with Crippen LogP contribution in [0.1, 0.15) is 45.6 Å². The number of ether oxygens (including phenoxy) is 1. The molecule has 3 aromatic rings. The SMILES string of the molecule is CC(C)CC(C)OC1CCN(c2ccc(-c3nc4ccc(C(F)(F)F)cc4[nH]3)cn2)CC1. The molecule has 0 bridgehead atoms. The number of rotatable bonds is 6. The van der Waals surface area contributed by atoms with Gasteiger partial charge in [-0.2, -0.15) is 13.2 Å². The summed E-state index contributed by atoms with van der Waals surface area (Å²) >= 11 is 0. The van der Waals surface area contributed by atoms with Crippen LogP contribution >= 0.6 is 0 Å². The third-order valence-electron chi connectivity index (χ3n) is 5.82. The monoisotopic (exact) mass is 446 g/mol. The molecule has 8 heteroatoms. The minimum absolute atomic E-state index is 0.278. The number of aromatic amines is 1. The lowest BCUT2D eigenvalue weighted by Crippen LogP contribution is -2.38. The number of hydrogen-bond donors (Lipinski definition) is 1. The van der Waals surface area contributed by atoms with Crippen molar-refractivity contribution < 1.29 is 17.9 Å². The molecule has 0 saturated carbocycles. The number of aromatic nitrogens is 3. The number of fused-ring (bicyclic) bond motifs is 1. The van der Waals surface area contributed by atoms with E-state index in [1.54, 1.807) is 6.20 Å². The highest BCUT2D eigenvalue weighted by Crippen LogP contribution is 2.32. The molecule has 0 aliphatic carbocycles. The van der Waals surface area contributed by atoms with Crippen molar-refractivity contribution >= 4 is 16.9 Å². The maximum Gasteiger partial charge on any atom is 0.416 e. The second-order valence-electron chi connectivity index (χ2n) is 8.98. The van der Waals surface area contributed by atoms with Gasteiger partial charge in [-0.05, 0) is 62.4 Å². The zero-order chi connectivity index (χ0) is 22.9. The molecule has 32 heavy (non-hydrogen) atoms. The first-order valence-electron chi connectivity index (χ1n) is 11.1. The average molecular weight is 447 g/mol. The highest BCUT2D eigenvalue weighted by Gasteiger charge is 2.30. The summed E-state index contributed by atoms with van der Waals surface area (Å²) in [5.41, 5.74) is 0.886. The molecule has 1 atom stereocenters. The Morgan fingerprint density at radius 2 is 1.88 bits per heavy atom. The van der Waals surface area contributed by atoms with E-state index in [1.165, 1.54) is 6.07 Å². The molecule has 2 aromatic heterocycles. The Hall–Kier alpha value is -2.61. The minimum Gasteiger partial charge on any atom is -0.375 e. The van der Waals surface area contributed by atoms with Gasteiger partial charge >= 0.3 is 6.18 Å². The topological polar surface area (TPSA) is 54.0 Å². The molecular formula is C24H29F3N4O. The molecule has 0 radical (unpaired) electrons. The number of alkyl halides is 3. The highest BCUT2D eigenvalue weighted by molar-refractivity contribution is 5.80. The Morgan fingerprint density at radius 3 is 2.50 bits per heavy atom. The molecule has 1 fully saturated rings. The van der Waals surface area contributed by atoms with Gasteiger partial charge in [-0.3, -0.25) is 0 Å². The van der Waals surface area contributed by atoms with Gasteiger partial charge in [0.05, 0.1) is 28.8 Å². The zero-order valence-corrected chi connectivity index (χ0v) is 18.6. The summed E-state index contributed by atoms with van der Waals surface area (Å²) in [5.74, 6) is 2.02. The summed E-state index contributed by atoms with van der Waals surface area (Å²) in [4.78, 5) is 14.2. The number of nitrogens with one attached hydrogen (secondary N) is 1. The van der Waals surface area contributed by atoms with Crippen molar-refractivity contribution in [1.82, 2.24) is 15.0 Å². The molecule has 1 unspecified atom stereocenters. The van der Waals surface area contributed by atoms with E-state index in [0.717, 1.165) is 55.9 Å². The van der Waals surface area contributed by atoms with Gasteiger partial charge in [-0.1, -0.05) is 13.8 Å². The highest BCUT2D eigenvalue weighted by atomic mass is 19.4. The third kappa shape index (κ3) is 5.23. The predicted octanol–water partition coefficient (Wildman–Crippen LogP) is 6.06. The molecule has 0 amide bonds. The Morgan fingerprint density at radius 1 is 1.12 bits per heavy atom. The van der Waals surface area contributed by atoms with E-state index in [-0.39, 0.29) is 12.2 Å². The van der Waals surface area contributed by atoms with Crippen molar-refractivity contribution in [3.05, 3.63) is 42.1 Å². The van der Waals surface area contributed by atoms with E-state index in [9.17, 15) is 13.2 Å². The third-order valence-corrected chi connectivity index (χ3v) is 5.82. The van der Waals surface area contributed by atoms with Gasteiger partial charge in [-0.15, -0.1) is 0 Å². The molecular weight excluding hydrogens is 417 g/mol. The van der Waals surface area contributed by atoms with Crippen LogP contribution in [0.5, 0.6) is 0 Å². The van der Waals surface area contributed by atoms with E-state index < -0.39 is 11.7 Å². The fourth-order valence-electron chi connectivity index (χ4n) is 4.30. The molecule has 1 aliphatic rings. The Bertz CT molecular complexity index is 1040. The number of piperidine rings is 1. The molecule has 5 nitrogen and oxygen atoms in total. The van der Waals surface area contributed by atoms with Crippen LogP contribution < -0.4 is 4.90 Å². The molecule has 1 saturated heterocycles. The lowest BCUT2D eigenvalue weighted by molar-refractivity contribution is -0.137. The van der Waals surface area contributed by atoms with Crippen LogP contribution in [0.2, 0.25) is 0 Å². The number of H-pyrrole nitrogens is 1. The van der Waals surface area contributed by atoms with Crippen molar-refractivity contribution in [2.24, 2.45) is 5.92 Å². The normalized spacial score (nSPS) is 16.8. The quantitative estimate of drug-likeness (QED) is 0.500. The Labute approximate surface area is 186 Å². The van der Waals surface area contributed by atoms with Gasteiger partial charge in [-0.25, -0.2) is 9.97 Å². The van der Waals surface area contributed by atoms with E-state index >= 15 is 0 Å². The van der Waals surface area contributed by atoms with E-state index in [2.05, 4.69) is 40.6 Å².